The molecule has 1 amide bonds. The summed E-state index contributed by atoms with van der Waals surface area (Å²) in [5.74, 6) is 1.67. The molecule has 2 aliphatic carbocycles. The Morgan fingerprint density at radius 2 is 1.86 bits per heavy atom. The standard InChI is InChI=1S/C19H27N5O4S/c1-29(26,27)23-10-6-13(7-11-23)21-18-20-12-15-16(22-18)24(14-4-2-3-5-14)17(25)19(28-15)8-9-19/h12-14H,2-11H2,1H3,(H,20,21,22). The normalized spacial score (nSPS) is 25.1. The van der Waals surface area contributed by atoms with E-state index < -0.39 is 15.6 Å². The zero-order chi connectivity index (χ0) is 20.2. The van der Waals surface area contributed by atoms with E-state index in [-0.39, 0.29) is 18.0 Å². The number of aromatic nitrogens is 2. The summed E-state index contributed by atoms with van der Waals surface area (Å²) in [6.07, 6.45) is 10.1. The van der Waals surface area contributed by atoms with Gasteiger partial charge in [-0.25, -0.2) is 17.7 Å². The summed E-state index contributed by atoms with van der Waals surface area (Å²) in [6, 6.07) is 0.282. The van der Waals surface area contributed by atoms with Crippen molar-refractivity contribution in [1.82, 2.24) is 14.3 Å². The lowest BCUT2D eigenvalue weighted by molar-refractivity contribution is -0.128. The van der Waals surface area contributed by atoms with Crippen LogP contribution in [0.4, 0.5) is 11.8 Å². The van der Waals surface area contributed by atoms with E-state index in [9.17, 15) is 13.2 Å². The fourth-order valence-corrected chi connectivity index (χ4v) is 5.56. The van der Waals surface area contributed by atoms with Gasteiger partial charge in [0.15, 0.2) is 17.2 Å². The first kappa shape index (κ1) is 19.0. The molecule has 5 rings (SSSR count). The van der Waals surface area contributed by atoms with Crippen LogP contribution in [0.25, 0.3) is 0 Å². The van der Waals surface area contributed by atoms with Gasteiger partial charge in [0.1, 0.15) is 0 Å². The summed E-state index contributed by atoms with van der Waals surface area (Å²) in [6.45, 7) is 0.972. The van der Waals surface area contributed by atoms with Crippen molar-refractivity contribution in [1.29, 1.82) is 0 Å². The van der Waals surface area contributed by atoms with E-state index in [2.05, 4.69) is 15.3 Å². The summed E-state index contributed by atoms with van der Waals surface area (Å²) in [5, 5.41) is 3.33. The van der Waals surface area contributed by atoms with Gasteiger partial charge in [-0.2, -0.15) is 4.98 Å². The predicted molar refractivity (Wildman–Crippen MR) is 107 cm³/mol. The molecule has 10 heteroatoms. The minimum Gasteiger partial charge on any atom is -0.472 e. The summed E-state index contributed by atoms with van der Waals surface area (Å²) in [7, 11) is -3.15. The van der Waals surface area contributed by atoms with E-state index in [4.69, 9.17) is 4.74 Å². The van der Waals surface area contributed by atoms with Crippen molar-refractivity contribution in [3.63, 3.8) is 0 Å². The first-order valence-corrected chi connectivity index (χ1v) is 12.3. The Bertz CT molecular complexity index is 919. The summed E-state index contributed by atoms with van der Waals surface area (Å²) < 4.78 is 30.9. The Morgan fingerprint density at radius 3 is 2.48 bits per heavy atom. The van der Waals surface area contributed by atoms with Gasteiger partial charge in [-0.1, -0.05) is 12.8 Å². The van der Waals surface area contributed by atoms with Crippen LogP contribution in [0.5, 0.6) is 5.75 Å². The Hall–Kier alpha value is -1.94. The highest BCUT2D eigenvalue weighted by molar-refractivity contribution is 7.88. The van der Waals surface area contributed by atoms with Crippen molar-refractivity contribution >= 4 is 27.7 Å². The number of amides is 1. The topological polar surface area (TPSA) is 105 Å². The summed E-state index contributed by atoms with van der Waals surface area (Å²) in [4.78, 5) is 24.1. The predicted octanol–water partition coefficient (Wildman–Crippen LogP) is 1.51. The molecule has 0 radical (unpaired) electrons. The monoisotopic (exact) mass is 421 g/mol. The number of sulfonamides is 1. The van der Waals surface area contributed by atoms with E-state index in [1.807, 2.05) is 4.90 Å². The van der Waals surface area contributed by atoms with Crippen molar-refractivity contribution in [3.8, 4) is 5.75 Å². The number of piperidine rings is 1. The number of nitrogens with zero attached hydrogens (tertiary/aromatic N) is 4. The lowest BCUT2D eigenvalue weighted by Crippen LogP contribution is -2.52. The average molecular weight is 422 g/mol. The van der Waals surface area contributed by atoms with E-state index >= 15 is 0 Å². The fraction of sp³-hybridized carbons (Fsp3) is 0.737. The van der Waals surface area contributed by atoms with Gasteiger partial charge in [-0.15, -0.1) is 0 Å². The van der Waals surface area contributed by atoms with Crippen molar-refractivity contribution in [3.05, 3.63) is 6.20 Å². The molecule has 158 valence electrons. The first-order chi connectivity index (χ1) is 13.9. The molecule has 0 atom stereocenters. The molecular formula is C19H27N5O4S. The maximum Gasteiger partial charge on any atom is 0.272 e. The number of hydrogen-bond donors (Lipinski definition) is 1. The smallest absolute Gasteiger partial charge is 0.272 e. The maximum atomic E-state index is 13.1. The highest BCUT2D eigenvalue weighted by Gasteiger charge is 2.59. The molecule has 4 aliphatic rings. The molecule has 1 saturated heterocycles. The van der Waals surface area contributed by atoms with Gasteiger partial charge in [-0.05, 0) is 25.7 Å². The molecule has 9 nitrogen and oxygen atoms in total. The first-order valence-electron chi connectivity index (χ1n) is 10.5. The Kier molecular flexibility index (Phi) is 4.47. The van der Waals surface area contributed by atoms with Crippen LogP contribution in [0.2, 0.25) is 0 Å². The number of carbonyl (C=O) groups excluding carboxylic acids is 1. The number of hydrogen-bond acceptors (Lipinski definition) is 7. The Balaban J connectivity index is 1.36. The molecule has 29 heavy (non-hydrogen) atoms. The fourth-order valence-electron chi connectivity index (χ4n) is 4.69. The highest BCUT2D eigenvalue weighted by Crippen LogP contribution is 2.50. The van der Waals surface area contributed by atoms with Gasteiger partial charge in [0, 0.05) is 38.0 Å². The van der Waals surface area contributed by atoms with Gasteiger partial charge < -0.3 is 10.1 Å². The maximum absolute atomic E-state index is 13.1. The van der Waals surface area contributed by atoms with Gasteiger partial charge in [0.2, 0.25) is 16.0 Å². The van der Waals surface area contributed by atoms with E-state index in [0.29, 0.717) is 43.4 Å². The number of nitrogens with one attached hydrogen (secondary N) is 1. The molecule has 3 fully saturated rings. The molecule has 0 bridgehead atoms. The van der Waals surface area contributed by atoms with Crippen molar-refractivity contribution < 1.29 is 17.9 Å². The molecule has 2 aliphatic heterocycles. The Labute approximate surface area is 170 Å². The zero-order valence-electron chi connectivity index (χ0n) is 16.6. The SMILES string of the molecule is CS(=O)(=O)N1CCC(Nc2ncc3c(n2)N(C2CCCC2)C(=O)C2(CC2)O3)CC1. The van der Waals surface area contributed by atoms with Crippen LogP contribution in [0.15, 0.2) is 6.20 Å². The number of anilines is 2. The molecule has 1 aromatic rings. The van der Waals surface area contributed by atoms with Crippen molar-refractivity contribution in [2.24, 2.45) is 0 Å². The highest BCUT2D eigenvalue weighted by atomic mass is 32.2. The van der Waals surface area contributed by atoms with Crippen LogP contribution < -0.4 is 15.0 Å². The number of rotatable bonds is 4. The molecule has 1 spiro atoms. The minimum absolute atomic E-state index is 0.0445. The van der Waals surface area contributed by atoms with Crippen LogP contribution in [0, 0.1) is 0 Å². The molecule has 2 saturated carbocycles. The van der Waals surface area contributed by atoms with Crippen molar-refractivity contribution in [2.45, 2.75) is 69.1 Å². The van der Waals surface area contributed by atoms with E-state index in [1.165, 1.54) is 10.6 Å². The van der Waals surface area contributed by atoms with Gasteiger partial charge in [0.25, 0.3) is 5.91 Å². The molecule has 0 aromatic carbocycles. The molecule has 1 aromatic heterocycles. The lowest BCUT2D eigenvalue weighted by atomic mass is 10.1. The van der Waals surface area contributed by atoms with E-state index in [0.717, 1.165) is 38.5 Å². The number of ether oxygens (including phenoxy) is 1. The third kappa shape index (κ3) is 3.46. The van der Waals surface area contributed by atoms with Gasteiger partial charge in [0.05, 0.1) is 12.5 Å². The average Bonchev–Trinajstić information content (AvgIpc) is 3.25. The molecule has 1 N–H and O–H groups in total. The van der Waals surface area contributed by atoms with Crippen LogP contribution in [-0.4, -0.2) is 65.6 Å². The second-order valence-corrected chi connectivity index (χ2v) is 10.7. The lowest BCUT2D eigenvalue weighted by Gasteiger charge is -2.37. The number of fused-ring (bicyclic) bond motifs is 1. The minimum atomic E-state index is -3.15. The van der Waals surface area contributed by atoms with Gasteiger partial charge in [-0.3, -0.25) is 9.69 Å². The Morgan fingerprint density at radius 1 is 1.17 bits per heavy atom. The largest absolute Gasteiger partial charge is 0.472 e. The third-order valence-corrected chi connectivity index (χ3v) is 7.83. The van der Waals surface area contributed by atoms with Crippen LogP contribution in [-0.2, 0) is 14.8 Å². The van der Waals surface area contributed by atoms with Crippen LogP contribution >= 0.6 is 0 Å². The van der Waals surface area contributed by atoms with Crippen LogP contribution in [0.3, 0.4) is 0 Å². The van der Waals surface area contributed by atoms with Crippen molar-refractivity contribution in [2.75, 3.05) is 29.6 Å². The third-order valence-electron chi connectivity index (χ3n) is 6.53. The number of carbonyl (C=O) groups is 1. The zero-order valence-corrected chi connectivity index (χ0v) is 17.4. The second-order valence-electron chi connectivity index (χ2n) is 8.67. The van der Waals surface area contributed by atoms with Crippen LogP contribution in [0.1, 0.15) is 51.4 Å². The molecule has 0 unspecified atom stereocenters. The van der Waals surface area contributed by atoms with E-state index in [1.54, 1.807) is 6.20 Å². The summed E-state index contributed by atoms with van der Waals surface area (Å²) >= 11 is 0. The molecular weight excluding hydrogens is 394 g/mol. The summed E-state index contributed by atoms with van der Waals surface area (Å²) in [5.41, 5.74) is -0.688. The second kappa shape index (κ2) is 6.80. The molecule has 3 heterocycles. The quantitative estimate of drug-likeness (QED) is 0.786. The van der Waals surface area contributed by atoms with Gasteiger partial charge >= 0.3 is 0 Å².